The molecule has 1 atom stereocenters. The summed E-state index contributed by atoms with van der Waals surface area (Å²) in [5.41, 5.74) is 6.40. The van der Waals surface area contributed by atoms with E-state index in [1.54, 1.807) is 12.4 Å². The predicted octanol–water partition coefficient (Wildman–Crippen LogP) is 2.05. The molecule has 2 rings (SSSR count). The van der Waals surface area contributed by atoms with Gasteiger partial charge in [0.15, 0.2) is 0 Å². The molecule has 5 heteroatoms. The maximum absolute atomic E-state index is 5.52. The zero-order chi connectivity index (χ0) is 12.8. The van der Waals surface area contributed by atoms with Gasteiger partial charge in [-0.3, -0.25) is 4.98 Å². The Morgan fingerprint density at radius 1 is 1.39 bits per heavy atom. The molecule has 0 fully saturated rings. The Balaban J connectivity index is 1.95. The van der Waals surface area contributed by atoms with Crippen molar-refractivity contribution >= 4 is 0 Å². The fourth-order valence-electron chi connectivity index (χ4n) is 1.77. The fraction of sp³-hybridized carbons (Fsp3) is 0.462. The molecule has 1 unspecified atom stereocenters. The van der Waals surface area contributed by atoms with Crippen LogP contribution in [0, 0.1) is 5.92 Å². The van der Waals surface area contributed by atoms with Crippen LogP contribution in [0.25, 0.3) is 11.4 Å². The molecule has 96 valence electrons. The van der Waals surface area contributed by atoms with E-state index in [1.165, 1.54) is 0 Å². The molecule has 0 aliphatic heterocycles. The minimum Gasteiger partial charge on any atom is -0.339 e. The summed E-state index contributed by atoms with van der Waals surface area (Å²) < 4.78 is 5.23. The summed E-state index contributed by atoms with van der Waals surface area (Å²) in [4.78, 5) is 8.40. The number of hydrogen-bond acceptors (Lipinski definition) is 5. The van der Waals surface area contributed by atoms with E-state index in [1.807, 2.05) is 12.1 Å². The lowest BCUT2D eigenvalue weighted by Crippen LogP contribution is -2.06. The predicted molar refractivity (Wildman–Crippen MR) is 68.7 cm³/mol. The van der Waals surface area contributed by atoms with E-state index in [0.29, 0.717) is 17.6 Å². The third kappa shape index (κ3) is 3.37. The molecule has 2 N–H and O–H groups in total. The number of rotatable bonds is 6. The van der Waals surface area contributed by atoms with E-state index in [0.717, 1.165) is 31.4 Å². The molecule has 0 spiro atoms. The van der Waals surface area contributed by atoms with Gasteiger partial charge in [-0.25, -0.2) is 0 Å². The summed E-state index contributed by atoms with van der Waals surface area (Å²) in [5.74, 6) is 1.87. The molecule has 0 aliphatic carbocycles. The van der Waals surface area contributed by atoms with Crippen LogP contribution in [0.3, 0.4) is 0 Å². The van der Waals surface area contributed by atoms with Crippen molar-refractivity contribution in [3.8, 4) is 11.4 Å². The third-order valence-corrected chi connectivity index (χ3v) is 2.90. The van der Waals surface area contributed by atoms with E-state index in [2.05, 4.69) is 22.0 Å². The summed E-state index contributed by atoms with van der Waals surface area (Å²) in [5, 5.41) is 3.96. The third-order valence-electron chi connectivity index (χ3n) is 2.90. The Kier molecular flexibility index (Phi) is 4.41. The van der Waals surface area contributed by atoms with Crippen LogP contribution in [0.1, 0.15) is 25.7 Å². The lowest BCUT2D eigenvalue weighted by molar-refractivity contribution is 0.362. The van der Waals surface area contributed by atoms with Gasteiger partial charge in [0, 0.05) is 24.4 Å². The second-order valence-electron chi connectivity index (χ2n) is 4.47. The molecule has 0 radical (unpaired) electrons. The topological polar surface area (TPSA) is 77.8 Å². The number of pyridine rings is 1. The molecule has 0 saturated heterocycles. The van der Waals surface area contributed by atoms with Gasteiger partial charge in [-0.15, -0.1) is 0 Å². The maximum atomic E-state index is 5.52. The van der Waals surface area contributed by atoms with Crippen LogP contribution < -0.4 is 5.73 Å². The summed E-state index contributed by atoms with van der Waals surface area (Å²) >= 11 is 0. The monoisotopic (exact) mass is 246 g/mol. The number of nitrogens with two attached hydrogens (primary N) is 1. The van der Waals surface area contributed by atoms with E-state index in [-0.39, 0.29) is 0 Å². The minimum atomic E-state index is 0.587. The van der Waals surface area contributed by atoms with Gasteiger partial charge in [-0.2, -0.15) is 4.98 Å². The highest BCUT2D eigenvalue weighted by molar-refractivity contribution is 5.51. The highest BCUT2D eigenvalue weighted by Gasteiger charge is 2.10. The number of aromatic nitrogens is 3. The Morgan fingerprint density at radius 2 is 2.28 bits per heavy atom. The standard InChI is InChI=1S/C13H18N4O/c1-10(6-7-14)4-5-12-16-13(17-18-12)11-3-2-8-15-9-11/h2-3,8-10H,4-7,14H2,1H3. The van der Waals surface area contributed by atoms with Crippen LogP contribution in [0.5, 0.6) is 0 Å². The summed E-state index contributed by atoms with van der Waals surface area (Å²) in [6.45, 7) is 2.91. The van der Waals surface area contributed by atoms with Crippen molar-refractivity contribution < 1.29 is 4.52 Å². The number of hydrogen-bond donors (Lipinski definition) is 1. The highest BCUT2D eigenvalue weighted by atomic mass is 16.5. The average Bonchev–Trinajstić information content (AvgIpc) is 2.87. The molecule has 5 nitrogen and oxygen atoms in total. The SMILES string of the molecule is CC(CCN)CCc1nc(-c2cccnc2)no1. The minimum absolute atomic E-state index is 0.587. The molecule has 0 bridgehead atoms. The van der Waals surface area contributed by atoms with Gasteiger partial charge < -0.3 is 10.3 Å². The van der Waals surface area contributed by atoms with E-state index < -0.39 is 0 Å². The summed E-state index contributed by atoms with van der Waals surface area (Å²) in [7, 11) is 0. The van der Waals surface area contributed by atoms with Crippen molar-refractivity contribution in [2.24, 2.45) is 11.7 Å². The van der Waals surface area contributed by atoms with Crippen LogP contribution >= 0.6 is 0 Å². The Hall–Kier alpha value is -1.75. The second kappa shape index (κ2) is 6.26. The lowest BCUT2D eigenvalue weighted by atomic mass is 10.0. The van der Waals surface area contributed by atoms with Gasteiger partial charge in [0.05, 0.1) is 0 Å². The highest BCUT2D eigenvalue weighted by Crippen LogP contribution is 2.16. The first kappa shape index (κ1) is 12.7. The maximum Gasteiger partial charge on any atom is 0.226 e. The van der Waals surface area contributed by atoms with Crippen LogP contribution in [-0.4, -0.2) is 21.7 Å². The smallest absolute Gasteiger partial charge is 0.226 e. The van der Waals surface area contributed by atoms with Gasteiger partial charge >= 0.3 is 0 Å². The van der Waals surface area contributed by atoms with E-state index in [9.17, 15) is 0 Å². The van der Waals surface area contributed by atoms with Gasteiger partial charge in [-0.1, -0.05) is 12.1 Å². The quantitative estimate of drug-likeness (QED) is 0.844. The fourth-order valence-corrected chi connectivity index (χ4v) is 1.77. The van der Waals surface area contributed by atoms with Crippen molar-refractivity contribution in [1.82, 2.24) is 15.1 Å². The second-order valence-corrected chi connectivity index (χ2v) is 4.47. The molecule has 2 aromatic heterocycles. The molecule has 0 aromatic carbocycles. The molecule has 18 heavy (non-hydrogen) atoms. The number of aryl methyl sites for hydroxylation is 1. The normalized spacial score (nSPS) is 12.6. The van der Waals surface area contributed by atoms with Crippen molar-refractivity contribution in [2.75, 3.05) is 6.54 Å². The van der Waals surface area contributed by atoms with Crippen molar-refractivity contribution in [3.05, 3.63) is 30.4 Å². The first-order valence-electron chi connectivity index (χ1n) is 6.22. The molecule has 2 heterocycles. The number of nitrogens with zero attached hydrogens (tertiary/aromatic N) is 3. The largest absolute Gasteiger partial charge is 0.339 e. The first-order valence-corrected chi connectivity index (χ1v) is 6.22. The van der Waals surface area contributed by atoms with Gasteiger partial charge in [0.25, 0.3) is 0 Å². The molecule has 2 aromatic rings. The van der Waals surface area contributed by atoms with Crippen molar-refractivity contribution in [2.45, 2.75) is 26.2 Å². The lowest BCUT2D eigenvalue weighted by Gasteiger charge is -2.06. The zero-order valence-electron chi connectivity index (χ0n) is 10.5. The molecule has 0 saturated carbocycles. The van der Waals surface area contributed by atoms with Crippen LogP contribution in [0.4, 0.5) is 0 Å². The van der Waals surface area contributed by atoms with Gasteiger partial charge in [0.1, 0.15) is 0 Å². The van der Waals surface area contributed by atoms with Crippen LogP contribution in [0.2, 0.25) is 0 Å². The Morgan fingerprint density at radius 3 is 3.00 bits per heavy atom. The van der Waals surface area contributed by atoms with E-state index in [4.69, 9.17) is 10.3 Å². The first-order chi connectivity index (χ1) is 8.79. The average molecular weight is 246 g/mol. The van der Waals surface area contributed by atoms with Crippen molar-refractivity contribution in [3.63, 3.8) is 0 Å². The van der Waals surface area contributed by atoms with E-state index >= 15 is 0 Å². The summed E-state index contributed by atoms with van der Waals surface area (Å²) in [6, 6.07) is 3.77. The Bertz CT molecular complexity index is 469. The van der Waals surface area contributed by atoms with Gasteiger partial charge in [-0.05, 0) is 37.4 Å². The zero-order valence-corrected chi connectivity index (χ0v) is 10.5. The summed E-state index contributed by atoms with van der Waals surface area (Å²) in [6.07, 6.45) is 6.30. The molecule has 0 aliphatic rings. The molecular weight excluding hydrogens is 228 g/mol. The van der Waals surface area contributed by atoms with Crippen LogP contribution in [-0.2, 0) is 6.42 Å². The van der Waals surface area contributed by atoms with Crippen LogP contribution in [0.15, 0.2) is 29.0 Å². The molecular formula is C13H18N4O. The van der Waals surface area contributed by atoms with Crippen molar-refractivity contribution in [1.29, 1.82) is 0 Å². The molecule has 0 amide bonds. The Labute approximate surface area is 106 Å². The van der Waals surface area contributed by atoms with Gasteiger partial charge in [0.2, 0.25) is 11.7 Å².